The van der Waals surface area contributed by atoms with Crippen LogP contribution in [0, 0.1) is 0 Å². The summed E-state index contributed by atoms with van der Waals surface area (Å²) in [6, 6.07) is 7.53. The molecule has 0 saturated carbocycles. The van der Waals surface area contributed by atoms with Crippen molar-refractivity contribution in [3.05, 3.63) is 46.1 Å². The Hall–Kier alpha value is -1.52. The van der Waals surface area contributed by atoms with Gasteiger partial charge >= 0.3 is 0 Å². The number of anilines is 2. The molecule has 0 radical (unpaired) electrons. The molecule has 0 aliphatic heterocycles. The summed E-state index contributed by atoms with van der Waals surface area (Å²) >= 11 is 11.8. The van der Waals surface area contributed by atoms with Gasteiger partial charge in [-0.1, -0.05) is 35.3 Å². The maximum atomic E-state index is 5.92. The highest BCUT2D eigenvalue weighted by Crippen LogP contribution is 2.19. The first-order valence-electron chi connectivity index (χ1n) is 4.91. The Balaban J connectivity index is 2.09. The smallest absolute Gasteiger partial charge is 0.222 e. The molecule has 4 nitrogen and oxygen atoms in total. The first kappa shape index (κ1) is 12.0. The summed E-state index contributed by atoms with van der Waals surface area (Å²) in [5.41, 5.74) is 6.51. The molecule has 0 bridgehead atoms. The van der Waals surface area contributed by atoms with E-state index < -0.39 is 0 Å². The van der Waals surface area contributed by atoms with Crippen LogP contribution in [-0.2, 0) is 6.54 Å². The van der Waals surface area contributed by atoms with Crippen molar-refractivity contribution in [2.24, 2.45) is 0 Å². The van der Waals surface area contributed by atoms with Gasteiger partial charge in [0.25, 0.3) is 0 Å². The molecule has 0 fully saturated rings. The lowest BCUT2D eigenvalue weighted by Gasteiger charge is -2.07. The Labute approximate surface area is 109 Å². The lowest BCUT2D eigenvalue weighted by Crippen LogP contribution is -2.04. The second-order valence-electron chi connectivity index (χ2n) is 3.41. The van der Waals surface area contributed by atoms with Gasteiger partial charge in [-0.3, -0.25) is 0 Å². The van der Waals surface area contributed by atoms with Gasteiger partial charge in [0.05, 0.1) is 6.20 Å². The maximum absolute atomic E-state index is 5.92. The summed E-state index contributed by atoms with van der Waals surface area (Å²) in [5.74, 6) is 0.696. The number of nitrogens with two attached hydrogens (primary N) is 1. The Kier molecular flexibility index (Phi) is 3.66. The number of nitrogens with one attached hydrogen (secondary N) is 1. The molecule has 0 amide bonds. The van der Waals surface area contributed by atoms with Crippen LogP contribution in [0.3, 0.4) is 0 Å². The molecule has 2 aromatic rings. The molecule has 3 N–H and O–H groups in total. The molecule has 88 valence electrons. The van der Waals surface area contributed by atoms with Gasteiger partial charge in [-0.2, -0.15) is 4.98 Å². The zero-order valence-electron chi connectivity index (χ0n) is 8.82. The summed E-state index contributed by atoms with van der Waals surface area (Å²) in [7, 11) is 0. The summed E-state index contributed by atoms with van der Waals surface area (Å²) < 4.78 is 0. The van der Waals surface area contributed by atoms with E-state index in [2.05, 4.69) is 15.3 Å². The third-order valence-electron chi connectivity index (χ3n) is 2.11. The molecule has 1 aromatic carbocycles. The van der Waals surface area contributed by atoms with Crippen LogP contribution in [0.5, 0.6) is 0 Å². The van der Waals surface area contributed by atoms with Crippen LogP contribution in [-0.4, -0.2) is 9.97 Å². The van der Waals surface area contributed by atoms with E-state index >= 15 is 0 Å². The Morgan fingerprint density at radius 3 is 2.88 bits per heavy atom. The minimum Gasteiger partial charge on any atom is -0.368 e. The second kappa shape index (κ2) is 5.21. The highest BCUT2D eigenvalue weighted by atomic mass is 35.5. The number of benzene rings is 1. The molecule has 1 aromatic heterocycles. The Morgan fingerprint density at radius 2 is 2.12 bits per heavy atom. The number of nitrogens with zero attached hydrogens (tertiary/aromatic N) is 2. The molecule has 0 atom stereocenters. The summed E-state index contributed by atoms with van der Waals surface area (Å²) in [5, 5.41) is 4.20. The quantitative estimate of drug-likeness (QED) is 0.899. The lowest BCUT2D eigenvalue weighted by molar-refractivity contribution is 1.09. The van der Waals surface area contributed by atoms with Gasteiger partial charge in [0.1, 0.15) is 5.02 Å². The van der Waals surface area contributed by atoms with Crippen LogP contribution < -0.4 is 11.1 Å². The molecule has 0 unspecified atom stereocenters. The Morgan fingerprint density at radius 1 is 1.29 bits per heavy atom. The van der Waals surface area contributed by atoms with Crippen molar-refractivity contribution in [3.8, 4) is 0 Å². The van der Waals surface area contributed by atoms with Crippen molar-refractivity contribution >= 4 is 35.0 Å². The predicted molar refractivity (Wildman–Crippen MR) is 70.2 cm³/mol. The van der Waals surface area contributed by atoms with Crippen LogP contribution in [0.15, 0.2) is 30.5 Å². The maximum Gasteiger partial charge on any atom is 0.222 e. The van der Waals surface area contributed by atoms with E-state index in [1.54, 1.807) is 0 Å². The third kappa shape index (κ3) is 3.22. The molecule has 17 heavy (non-hydrogen) atoms. The zero-order chi connectivity index (χ0) is 12.3. The number of aromatic nitrogens is 2. The minimum atomic E-state index is 0.183. The van der Waals surface area contributed by atoms with Crippen LogP contribution in [0.1, 0.15) is 5.56 Å². The molecular weight excluding hydrogens is 259 g/mol. The van der Waals surface area contributed by atoms with Gasteiger partial charge in [-0.05, 0) is 17.7 Å². The van der Waals surface area contributed by atoms with Crippen molar-refractivity contribution in [1.82, 2.24) is 9.97 Å². The first-order valence-corrected chi connectivity index (χ1v) is 5.67. The molecular formula is C11H10Cl2N4. The van der Waals surface area contributed by atoms with Crippen molar-refractivity contribution in [2.45, 2.75) is 6.54 Å². The fraction of sp³-hybridized carbons (Fsp3) is 0.0909. The van der Waals surface area contributed by atoms with Crippen LogP contribution >= 0.6 is 23.2 Å². The van der Waals surface area contributed by atoms with Crippen molar-refractivity contribution in [1.29, 1.82) is 0 Å². The van der Waals surface area contributed by atoms with Crippen LogP contribution in [0.25, 0.3) is 0 Å². The van der Waals surface area contributed by atoms with Crippen LogP contribution in [0.4, 0.5) is 11.8 Å². The molecule has 0 aliphatic rings. The number of rotatable bonds is 3. The molecule has 0 spiro atoms. The van der Waals surface area contributed by atoms with E-state index in [0.717, 1.165) is 5.56 Å². The van der Waals surface area contributed by atoms with E-state index in [-0.39, 0.29) is 5.95 Å². The van der Waals surface area contributed by atoms with Gasteiger partial charge in [-0.15, -0.1) is 0 Å². The number of halogens is 2. The zero-order valence-corrected chi connectivity index (χ0v) is 10.3. The normalized spacial score (nSPS) is 10.2. The van der Waals surface area contributed by atoms with E-state index in [1.165, 1.54) is 6.20 Å². The average molecular weight is 269 g/mol. The second-order valence-corrected chi connectivity index (χ2v) is 4.25. The Bertz CT molecular complexity index is 531. The van der Waals surface area contributed by atoms with Crippen molar-refractivity contribution in [3.63, 3.8) is 0 Å². The SMILES string of the molecule is Nc1ncc(Cl)c(NCc2cccc(Cl)c2)n1. The first-order chi connectivity index (χ1) is 8.15. The number of hydrogen-bond acceptors (Lipinski definition) is 4. The lowest BCUT2D eigenvalue weighted by atomic mass is 10.2. The summed E-state index contributed by atoms with van der Waals surface area (Å²) in [6.07, 6.45) is 1.46. The molecule has 2 rings (SSSR count). The van der Waals surface area contributed by atoms with Gasteiger partial charge in [0, 0.05) is 11.6 Å². The molecule has 0 saturated heterocycles. The average Bonchev–Trinajstić information content (AvgIpc) is 2.30. The van der Waals surface area contributed by atoms with E-state index in [4.69, 9.17) is 28.9 Å². The van der Waals surface area contributed by atoms with E-state index in [9.17, 15) is 0 Å². The van der Waals surface area contributed by atoms with E-state index in [1.807, 2.05) is 24.3 Å². The fourth-order valence-corrected chi connectivity index (χ4v) is 1.71. The van der Waals surface area contributed by atoms with Gasteiger partial charge in [-0.25, -0.2) is 4.98 Å². The standard InChI is InChI=1S/C11H10Cl2N4/c12-8-3-1-2-7(4-8)5-15-10-9(13)6-16-11(14)17-10/h1-4,6H,5H2,(H3,14,15,16,17). The number of nitrogen functional groups attached to an aromatic ring is 1. The van der Waals surface area contributed by atoms with Crippen molar-refractivity contribution < 1.29 is 0 Å². The highest BCUT2D eigenvalue weighted by molar-refractivity contribution is 6.32. The minimum absolute atomic E-state index is 0.183. The van der Waals surface area contributed by atoms with Gasteiger partial charge < -0.3 is 11.1 Å². The van der Waals surface area contributed by atoms with Crippen molar-refractivity contribution in [2.75, 3.05) is 11.1 Å². The number of hydrogen-bond donors (Lipinski definition) is 2. The van der Waals surface area contributed by atoms with Crippen LogP contribution in [0.2, 0.25) is 10.0 Å². The fourth-order valence-electron chi connectivity index (χ4n) is 1.34. The largest absolute Gasteiger partial charge is 0.368 e. The van der Waals surface area contributed by atoms with E-state index in [0.29, 0.717) is 22.4 Å². The summed E-state index contributed by atoms with van der Waals surface area (Å²) in [6.45, 7) is 0.566. The third-order valence-corrected chi connectivity index (χ3v) is 2.62. The van der Waals surface area contributed by atoms with Gasteiger partial charge in [0.2, 0.25) is 5.95 Å². The topological polar surface area (TPSA) is 63.8 Å². The molecule has 0 aliphatic carbocycles. The summed E-state index contributed by atoms with van der Waals surface area (Å²) in [4.78, 5) is 7.78. The molecule has 6 heteroatoms. The highest BCUT2D eigenvalue weighted by Gasteiger charge is 2.03. The predicted octanol–water partition coefficient (Wildman–Crippen LogP) is 2.98. The molecule has 1 heterocycles. The monoisotopic (exact) mass is 268 g/mol. The van der Waals surface area contributed by atoms with Gasteiger partial charge in [0.15, 0.2) is 5.82 Å².